The number of benzene rings is 3. The summed E-state index contributed by atoms with van der Waals surface area (Å²) in [5, 5.41) is 4.74. The van der Waals surface area contributed by atoms with E-state index in [9.17, 15) is 0 Å². The van der Waals surface area contributed by atoms with Gasteiger partial charge in [-0.1, -0.05) is 97.8 Å². The van der Waals surface area contributed by atoms with Crippen molar-refractivity contribution >= 4 is 54.9 Å². The molecule has 0 bridgehead atoms. The van der Waals surface area contributed by atoms with Gasteiger partial charge in [-0.15, -0.1) is 12.1 Å². The Balaban J connectivity index is 0.00000336. The summed E-state index contributed by atoms with van der Waals surface area (Å²) in [4.78, 5) is 19.3. The van der Waals surface area contributed by atoms with Gasteiger partial charge in [0.2, 0.25) is 0 Å². The molecule has 0 aliphatic rings. The fourth-order valence-electron chi connectivity index (χ4n) is 6.93. The quantitative estimate of drug-likeness (QED) is 0.128. The van der Waals surface area contributed by atoms with Gasteiger partial charge in [-0.25, -0.2) is 4.98 Å². The van der Waals surface area contributed by atoms with Crippen LogP contribution in [0.1, 0.15) is 50.7 Å². The summed E-state index contributed by atoms with van der Waals surface area (Å²) in [6, 6.07) is 29.9. The van der Waals surface area contributed by atoms with E-state index in [0.717, 1.165) is 60.6 Å². The molecule has 0 radical (unpaired) electrons. The fraction of sp³-hybridized carbons (Fsp3) is 0.150. The van der Waals surface area contributed by atoms with Crippen molar-refractivity contribution in [2.45, 2.75) is 39.5 Å². The molecule has 6 aromatic heterocycles. The van der Waals surface area contributed by atoms with Crippen molar-refractivity contribution in [3.05, 3.63) is 121 Å². The first kappa shape index (κ1) is 30.2. The number of hydrogen-bond acceptors (Lipinski definition) is 5. The molecule has 0 fully saturated rings. The molecule has 9 rings (SSSR count). The van der Waals surface area contributed by atoms with Gasteiger partial charge in [0.15, 0.2) is 0 Å². The minimum atomic E-state index is 0. The molecule has 0 saturated heterocycles. The van der Waals surface area contributed by atoms with E-state index in [1.165, 1.54) is 16.7 Å². The number of nitrogens with zero attached hydrogens (tertiary/aromatic N) is 6. The Kier molecular flexibility index (Phi) is 7.26. The van der Waals surface area contributed by atoms with Crippen molar-refractivity contribution in [3.8, 4) is 22.8 Å². The summed E-state index contributed by atoms with van der Waals surface area (Å²) in [6.45, 7) is 8.98. The van der Waals surface area contributed by atoms with Gasteiger partial charge in [0.05, 0.1) is 28.0 Å². The average Bonchev–Trinajstić information content (AvgIpc) is 3.79. The van der Waals surface area contributed by atoms with Crippen LogP contribution in [0.25, 0.3) is 66.2 Å². The monoisotopic (exact) mass is 805 g/mol. The van der Waals surface area contributed by atoms with Crippen LogP contribution in [0.5, 0.6) is 11.5 Å². The van der Waals surface area contributed by atoms with E-state index in [1.807, 2.05) is 53.5 Å². The van der Waals surface area contributed by atoms with Gasteiger partial charge in [0.25, 0.3) is 0 Å². The molecule has 0 saturated carbocycles. The Labute approximate surface area is 291 Å². The number of imidazole rings is 2. The largest absolute Gasteiger partial charge is 2.00 e. The molecule has 8 heteroatoms. The van der Waals surface area contributed by atoms with E-state index in [2.05, 4.69) is 96.7 Å². The topological polar surface area (TPSA) is 69.6 Å². The number of ether oxygens (including phenoxy) is 1. The summed E-state index contributed by atoms with van der Waals surface area (Å²) in [6.07, 6.45) is 9.34. The number of rotatable bonds is 5. The van der Waals surface area contributed by atoms with Crippen molar-refractivity contribution in [2.75, 3.05) is 0 Å². The van der Waals surface area contributed by atoms with Crippen LogP contribution >= 0.6 is 0 Å². The van der Waals surface area contributed by atoms with Gasteiger partial charge >= 0.3 is 21.1 Å². The van der Waals surface area contributed by atoms with E-state index < -0.39 is 0 Å². The predicted octanol–water partition coefficient (Wildman–Crippen LogP) is 9.69. The Morgan fingerprint density at radius 2 is 1.23 bits per heavy atom. The van der Waals surface area contributed by atoms with Crippen LogP contribution in [0.2, 0.25) is 0 Å². The second-order valence-corrected chi connectivity index (χ2v) is 12.6. The van der Waals surface area contributed by atoms with Crippen LogP contribution in [0.15, 0.2) is 97.7 Å². The summed E-state index contributed by atoms with van der Waals surface area (Å²) in [5.41, 5.74) is 9.17. The molecule has 9 aromatic rings. The first-order valence-electron chi connectivity index (χ1n) is 15.9. The zero-order valence-electron chi connectivity index (χ0n) is 26.8. The van der Waals surface area contributed by atoms with Crippen molar-refractivity contribution in [1.82, 2.24) is 28.7 Å². The Hall–Kier alpha value is -5.13. The van der Waals surface area contributed by atoms with Gasteiger partial charge in [-0.3, -0.25) is 15.0 Å². The summed E-state index contributed by atoms with van der Waals surface area (Å²) in [5.74, 6) is 1.90. The number of aromatic nitrogens is 6. The van der Waals surface area contributed by atoms with E-state index >= 15 is 0 Å². The van der Waals surface area contributed by atoms with Crippen LogP contribution in [0, 0.1) is 12.1 Å². The van der Waals surface area contributed by atoms with E-state index in [1.54, 1.807) is 6.20 Å². The first-order valence-corrected chi connectivity index (χ1v) is 15.9. The molecular formula is C40H30N6OPt. The molecule has 0 amide bonds. The van der Waals surface area contributed by atoms with Crippen LogP contribution in [-0.2, 0) is 21.1 Å². The number of hydrogen-bond donors (Lipinski definition) is 0. The van der Waals surface area contributed by atoms with Crippen LogP contribution < -0.4 is 4.74 Å². The van der Waals surface area contributed by atoms with Crippen molar-refractivity contribution < 1.29 is 25.8 Å². The van der Waals surface area contributed by atoms with E-state index in [0.29, 0.717) is 23.3 Å². The fourth-order valence-corrected chi connectivity index (χ4v) is 6.93. The molecule has 0 aliphatic heterocycles. The molecule has 0 unspecified atom stereocenters. The van der Waals surface area contributed by atoms with E-state index in [-0.39, 0.29) is 21.1 Å². The standard InChI is InChI=1S/C40H30N6O.Pt/c1-23(2)27-7-5-8-28(24(3)4)36(27)34-15-14-31-29-12-10-25(21-32(29)39-43-18-20-46(39)40(31)44-34)47-26-11-13-30-33(22-26)38-42-17-19-45(38)35-9-6-16-41-37(30)35;/h5-20,23-24H,1-4H3;/q-2;+2. The predicted molar refractivity (Wildman–Crippen MR) is 187 cm³/mol. The molecule has 0 atom stereocenters. The third-order valence-electron chi connectivity index (χ3n) is 9.11. The molecule has 0 spiro atoms. The SMILES string of the molecule is CC(C)c1cccc(C(C)C)c1-c1ccc2c3ccc(Oc4[c-]c5c(cc4)c4ncccc4n4ccnc54)[c-]c3c3nccn3c2n1.[Pt+2]. The number of fused-ring (bicyclic) bond motifs is 12. The number of pyridine rings is 4. The van der Waals surface area contributed by atoms with Crippen molar-refractivity contribution in [1.29, 1.82) is 0 Å². The van der Waals surface area contributed by atoms with E-state index in [4.69, 9.17) is 14.7 Å². The maximum absolute atomic E-state index is 6.40. The van der Waals surface area contributed by atoms with Crippen LogP contribution in [-0.4, -0.2) is 28.7 Å². The van der Waals surface area contributed by atoms with Crippen molar-refractivity contribution in [3.63, 3.8) is 0 Å². The maximum Gasteiger partial charge on any atom is 2.00 e. The molecule has 0 aliphatic carbocycles. The van der Waals surface area contributed by atoms with Gasteiger partial charge in [0, 0.05) is 48.0 Å². The van der Waals surface area contributed by atoms with Gasteiger partial charge in [-0.2, -0.15) is 0 Å². The molecule has 7 nitrogen and oxygen atoms in total. The summed E-state index contributed by atoms with van der Waals surface area (Å²) in [7, 11) is 0. The van der Waals surface area contributed by atoms with Gasteiger partial charge in [0.1, 0.15) is 5.65 Å². The zero-order chi connectivity index (χ0) is 31.8. The Bertz CT molecular complexity index is 2660. The first-order chi connectivity index (χ1) is 23.0. The van der Waals surface area contributed by atoms with Crippen molar-refractivity contribution in [2.24, 2.45) is 0 Å². The normalized spacial score (nSPS) is 12.0. The Morgan fingerprint density at radius 3 is 1.94 bits per heavy atom. The molecule has 3 aromatic carbocycles. The molecule has 236 valence electrons. The van der Waals surface area contributed by atoms with Gasteiger partial charge < -0.3 is 13.5 Å². The minimum Gasteiger partial charge on any atom is -0.497 e. The maximum atomic E-state index is 6.40. The molecule has 48 heavy (non-hydrogen) atoms. The second-order valence-electron chi connectivity index (χ2n) is 12.6. The zero-order valence-corrected chi connectivity index (χ0v) is 29.1. The molecule has 6 heterocycles. The Morgan fingerprint density at radius 1 is 0.604 bits per heavy atom. The molecule has 0 N–H and O–H groups in total. The van der Waals surface area contributed by atoms with Crippen LogP contribution in [0.4, 0.5) is 0 Å². The van der Waals surface area contributed by atoms with Crippen LogP contribution in [0.3, 0.4) is 0 Å². The van der Waals surface area contributed by atoms with Gasteiger partial charge in [-0.05, 0) is 46.5 Å². The summed E-state index contributed by atoms with van der Waals surface area (Å²) < 4.78 is 10.5. The molecular weight excluding hydrogens is 776 g/mol. The summed E-state index contributed by atoms with van der Waals surface area (Å²) >= 11 is 0. The third-order valence-corrected chi connectivity index (χ3v) is 9.11. The smallest absolute Gasteiger partial charge is 0.497 e. The minimum absolute atomic E-state index is 0. The average molecular weight is 806 g/mol. The second kappa shape index (κ2) is 11.5. The third kappa shape index (κ3) is 4.60.